The molecular formula is C49H36O2P2. The molecule has 0 bridgehead atoms. The summed E-state index contributed by atoms with van der Waals surface area (Å²) in [5, 5.41) is 4.66. The molecule has 0 amide bonds. The van der Waals surface area contributed by atoms with Crippen LogP contribution in [-0.4, -0.2) is 0 Å². The molecule has 0 atom stereocenters. The summed E-state index contributed by atoms with van der Waals surface area (Å²) in [6.45, 7) is 0. The van der Waals surface area contributed by atoms with Crippen LogP contribution in [-0.2, 0) is 14.5 Å². The van der Waals surface area contributed by atoms with Crippen LogP contribution in [0.2, 0.25) is 0 Å². The smallest absolute Gasteiger partial charge is 0.171 e. The van der Waals surface area contributed by atoms with Gasteiger partial charge < -0.3 is 9.13 Å². The normalized spacial score (nSPS) is 13.2. The van der Waals surface area contributed by atoms with Gasteiger partial charge in [-0.25, -0.2) is 0 Å². The lowest BCUT2D eigenvalue weighted by Gasteiger charge is -2.34. The monoisotopic (exact) mass is 718 g/mol. The van der Waals surface area contributed by atoms with Crippen molar-refractivity contribution in [3.63, 3.8) is 0 Å². The molecule has 4 heteroatoms. The maximum Gasteiger partial charge on any atom is 0.171 e. The summed E-state index contributed by atoms with van der Waals surface area (Å²) in [4.78, 5) is 0. The lowest BCUT2D eigenvalue weighted by atomic mass is 9.68. The Labute approximate surface area is 311 Å². The lowest BCUT2D eigenvalue weighted by Crippen LogP contribution is -2.30. The first-order chi connectivity index (χ1) is 26.1. The minimum atomic E-state index is -3.30. The fourth-order valence-corrected chi connectivity index (χ4v) is 13.7. The molecule has 0 heterocycles. The zero-order valence-electron chi connectivity index (χ0n) is 29.0. The van der Waals surface area contributed by atoms with Crippen molar-refractivity contribution < 1.29 is 9.13 Å². The molecule has 0 aromatic heterocycles. The molecular weight excluding hydrogens is 682 g/mol. The summed E-state index contributed by atoms with van der Waals surface area (Å²) >= 11 is 0. The van der Waals surface area contributed by atoms with Gasteiger partial charge in [0.25, 0.3) is 0 Å². The van der Waals surface area contributed by atoms with Crippen molar-refractivity contribution in [1.82, 2.24) is 0 Å². The molecule has 0 fully saturated rings. The van der Waals surface area contributed by atoms with Gasteiger partial charge in [-0.2, -0.15) is 0 Å². The minimum absolute atomic E-state index is 0.669. The summed E-state index contributed by atoms with van der Waals surface area (Å²) < 4.78 is 31.6. The zero-order chi connectivity index (χ0) is 35.9. The van der Waals surface area contributed by atoms with Crippen molar-refractivity contribution in [2.24, 2.45) is 0 Å². The Hall–Kier alpha value is -5.78. The fraction of sp³-hybridized carbons (Fsp3) is 0.0204. The van der Waals surface area contributed by atoms with Gasteiger partial charge in [-0.05, 0) is 45.5 Å². The molecule has 2 nitrogen and oxygen atoms in total. The topological polar surface area (TPSA) is 34.1 Å². The Morgan fingerprint density at radius 2 is 0.547 bits per heavy atom. The number of fused-ring (bicyclic) bond motifs is 3. The maximum atomic E-state index is 15.8. The lowest BCUT2D eigenvalue weighted by molar-refractivity contribution is 0.591. The molecule has 0 spiro atoms. The van der Waals surface area contributed by atoms with Gasteiger partial charge >= 0.3 is 0 Å². The first kappa shape index (κ1) is 33.1. The van der Waals surface area contributed by atoms with Crippen LogP contribution in [0.1, 0.15) is 22.3 Å². The van der Waals surface area contributed by atoms with Gasteiger partial charge in [0.15, 0.2) is 14.3 Å². The highest BCUT2D eigenvalue weighted by Crippen LogP contribution is 2.57. The van der Waals surface area contributed by atoms with E-state index in [0.717, 1.165) is 65.2 Å². The fourth-order valence-electron chi connectivity index (χ4n) is 8.31. The van der Waals surface area contributed by atoms with Crippen molar-refractivity contribution in [3.8, 4) is 11.1 Å². The van der Waals surface area contributed by atoms with E-state index in [9.17, 15) is 0 Å². The van der Waals surface area contributed by atoms with E-state index in [2.05, 4.69) is 97.1 Å². The van der Waals surface area contributed by atoms with E-state index in [1.807, 2.05) is 121 Å². The highest BCUT2D eigenvalue weighted by atomic mass is 31.2. The molecule has 0 saturated heterocycles. The van der Waals surface area contributed by atoms with Crippen LogP contribution < -0.4 is 31.8 Å². The van der Waals surface area contributed by atoms with E-state index in [-0.39, 0.29) is 0 Å². The number of rotatable bonds is 8. The van der Waals surface area contributed by atoms with Crippen molar-refractivity contribution in [2.45, 2.75) is 5.41 Å². The van der Waals surface area contributed by atoms with Crippen molar-refractivity contribution in [2.75, 3.05) is 0 Å². The Kier molecular flexibility index (Phi) is 8.32. The number of hydrogen-bond donors (Lipinski definition) is 0. The third kappa shape index (κ3) is 5.17. The van der Waals surface area contributed by atoms with Crippen LogP contribution in [0.15, 0.2) is 218 Å². The Morgan fingerprint density at radius 3 is 0.830 bits per heavy atom. The SMILES string of the molecule is O=P(c1ccccc1)(c1ccccc1)c1ccc2c(c1)-c1cc(P(=O)(c3ccccc3)c3ccccc3)ccc1C2(c1ccccc1)c1ccccc1. The average molecular weight is 719 g/mol. The first-order valence-electron chi connectivity index (χ1n) is 17.9. The minimum Gasteiger partial charge on any atom is -0.309 e. The first-order valence-corrected chi connectivity index (χ1v) is 21.3. The van der Waals surface area contributed by atoms with E-state index < -0.39 is 19.7 Å². The van der Waals surface area contributed by atoms with Crippen LogP contribution in [0.25, 0.3) is 11.1 Å². The largest absolute Gasteiger partial charge is 0.309 e. The van der Waals surface area contributed by atoms with Crippen molar-refractivity contribution in [3.05, 3.63) is 241 Å². The third-order valence-corrected chi connectivity index (χ3v) is 16.8. The highest BCUT2D eigenvalue weighted by molar-refractivity contribution is 7.85. The van der Waals surface area contributed by atoms with Gasteiger partial charge in [-0.3, -0.25) is 0 Å². The standard InChI is InChI=1S/C49H36O2P2/c50-52(39-23-11-3-12-24-39,40-25-13-4-14-26-40)43-31-33-47-45(35-43)46-36-44(53(51,41-27-15-5-16-28-41)42-29-17-6-18-30-42)32-34-48(46)49(47,37-19-7-1-8-20-37)38-21-9-2-10-22-38/h1-36H. The molecule has 53 heavy (non-hydrogen) atoms. The van der Waals surface area contributed by atoms with Gasteiger partial charge in [-0.1, -0.05) is 206 Å². The second-order valence-electron chi connectivity index (χ2n) is 13.5. The molecule has 0 aliphatic heterocycles. The van der Waals surface area contributed by atoms with E-state index in [0.29, 0.717) is 0 Å². The Morgan fingerprint density at radius 1 is 0.283 bits per heavy atom. The number of benzene rings is 8. The molecule has 8 aromatic rings. The van der Waals surface area contributed by atoms with E-state index >= 15 is 9.13 Å². The van der Waals surface area contributed by atoms with Crippen LogP contribution >= 0.6 is 14.3 Å². The molecule has 1 aliphatic rings. The van der Waals surface area contributed by atoms with Gasteiger partial charge in [0.1, 0.15) is 0 Å². The summed E-state index contributed by atoms with van der Waals surface area (Å²) in [6.07, 6.45) is 0. The quantitative estimate of drug-likeness (QED) is 0.147. The van der Waals surface area contributed by atoms with E-state index in [1.165, 1.54) is 0 Å². The van der Waals surface area contributed by atoms with E-state index in [4.69, 9.17) is 0 Å². The summed E-state index contributed by atoms with van der Waals surface area (Å²) in [5.74, 6) is 0. The molecule has 0 unspecified atom stereocenters. The molecule has 0 radical (unpaired) electrons. The summed E-state index contributed by atoms with van der Waals surface area (Å²) in [6, 6.07) is 73.4. The molecule has 9 rings (SSSR count). The molecule has 0 saturated carbocycles. The van der Waals surface area contributed by atoms with Gasteiger partial charge in [0, 0.05) is 31.8 Å². The summed E-state index contributed by atoms with van der Waals surface area (Å²) in [7, 11) is -6.60. The molecule has 1 aliphatic carbocycles. The average Bonchev–Trinajstić information content (AvgIpc) is 3.55. The molecule has 8 aromatic carbocycles. The predicted molar refractivity (Wildman–Crippen MR) is 223 cm³/mol. The molecule has 254 valence electrons. The van der Waals surface area contributed by atoms with Crippen LogP contribution in [0.5, 0.6) is 0 Å². The van der Waals surface area contributed by atoms with Crippen LogP contribution in [0.3, 0.4) is 0 Å². The summed E-state index contributed by atoms with van der Waals surface area (Å²) in [5.41, 5.74) is 5.79. The van der Waals surface area contributed by atoms with Crippen LogP contribution in [0.4, 0.5) is 0 Å². The second-order valence-corrected chi connectivity index (χ2v) is 19.0. The third-order valence-electron chi connectivity index (χ3n) is 10.7. The number of hydrogen-bond acceptors (Lipinski definition) is 2. The van der Waals surface area contributed by atoms with Crippen molar-refractivity contribution >= 4 is 46.1 Å². The Balaban J connectivity index is 1.38. The van der Waals surface area contributed by atoms with Crippen molar-refractivity contribution in [1.29, 1.82) is 0 Å². The maximum absolute atomic E-state index is 15.8. The second kappa shape index (κ2) is 13.3. The van der Waals surface area contributed by atoms with Gasteiger partial charge in [0.2, 0.25) is 0 Å². The molecule has 0 N–H and O–H groups in total. The van der Waals surface area contributed by atoms with Gasteiger partial charge in [-0.15, -0.1) is 0 Å². The Bertz CT molecular complexity index is 2370. The van der Waals surface area contributed by atoms with Crippen LogP contribution in [0, 0.1) is 0 Å². The van der Waals surface area contributed by atoms with E-state index in [1.54, 1.807) is 0 Å². The predicted octanol–water partition coefficient (Wildman–Crippen LogP) is 9.33. The highest BCUT2D eigenvalue weighted by Gasteiger charge is 2.47. The van der Waals surface area contributed by atoms with Gasteiger partial charge in [0.05, 0.1) is 5.41 Å². The zero-order valence-corrected chi connectivity index (χ0v) is 30.8.